The second-order valence-corrected chi connectivity index (χ2v) is 8.86. The molecule has 8 atom stereocenters. The Labute approximate surface area is 122 Å². The van der Waals surface area contributed by atoms with Gasteiger partial charge in [-0.1, -0.05) is 19.1 Å². The minimum Gasteiger partial charge on any atom is -0.327 e. The fourth-order valence-corrected chi connectivity index (χ4v) is 7.25. The number of nitrogens with two attached hydrogens (primary N) is 2. The summed E-state index contributed by atoms with van der Waals surface area (Å²) >= 11 is 0. The Kier molecular flexibility index (Phi) is 2.15. The summed E-state index contributed by atoms with van der Waals surface area (Å²) in [6, 6.07) is 0.636. The van der Waals surface area contributed by atoms with E-state index in [1.807, 2.05) is 0 Å². The van der Waals surface area contributed by atoms with Gasteiger partial charge in [-0.05, 0) is 78.9 Å². The summed E-state index contributed by atoms with van der Waals surface area (Å²) in [4.78, 5) is 0. The van der Waals surface area contributed by atoms with Crippen molar-refractivity contribution in [2.24, 2.45) is 51.9 Å². The van der Waals surface area contributed by atoms with Gasteiger partial charge in [0.25, 0.3) is 0 Å². The molecule has 110 valence electrons. The van der Waals surface area contributed by atoms with Crippen molar-refractivity contribution in [2.45, 2.75) is 57.5 Å². The molecule has 4 fully saturated rings. The van der Waals surface area contributed by atoms with Gasteiger partial charge in [-0.2, -0.15) is 0 Å². The number of rotatable bonds is 0. The van der Waals surface area contributed by atoms with E-state index < -0.39 is 0 Å². The van der Waals surface area contributed by atoms with Crippen LogP contribution in [0.1, 0.15) is 45.4 Å². The lowest BCUT2D eigenvalue weighted by atomic mass is 9.66. The van der Waals surface area contributed by atoms with Gasteiger partial charge in [-0.25, -0.2) is 0 Å². The SMILES string of the molecule is CC1C(N)C=CC2C1C(N)C13CC(CCC21)C1(CC1)C3. The van der Waals surface area contributed by atoms with Crippen LogP contribution in [0, 0.1) is 40.4 Å². The minimum absolute atomic E-state index is 0.228. The highest BCUT2D eigenvalue weighted by molar-refractivity contribution is 5.26. The molecule has 0 saturated heterocycles. The fourth-order valence-electron chi connectivity index (χ4n) is 7.25. The summed E-state index contributed by atoms with van der Waals surface area (Å²) in [5.41, 5.74) is 14.5. The maximum atomic E-state index is 6.93. The highest BCUT2D eigenvalue weighted by atomic mass is 14.9. The van der Waals surface area contributed by atoms with E-state index in [1.165, 1.54) is 38.5 Å². The molecule has 20 heavy (non-hydrogen) atoms. The molecule has 0 aliphatic heterocycles. The first-order chi connectivity index (χ1) is 9.57. The van der Waals surface area contributed by atoms with E-state index in [0.717, 1.165) is 23.2 Å². The lowest BCUT2D eigenvalue weighted by molar-refractivity contribution is 0.117. The molecule has 4 saturated carbocycles. The molecule has 0 aromatic carbocycles. The van der Waals surface area contributed by atoms with E-state index >= 15 is 0 Å². The first-order valence-electron chi connectivity index (χ1n) is 8.77. The Morgan fingerprint density at radius 3 is 2.65 bits per heavy atom. The molecule has 5 rings (SSSR count). The minimum atomic E-state index is 0.228. The summed E-state index contributed by atoms with van der Waals surface area (Å²) in [5, 5.41) is 0. The lowest BCUT2D eigenvalue weighted by Crippen LogP contribution is -2.47. The number of hydrogen-bond donors (Lipinski definition) is 2. The van der Waals surface area contributed by atoms with Crippen molar-refractivity contribution in [1.29, 1.82) is 0 Å². The first-order valence-corrected chi connectivity index (χ1v) is 8.77. The van der Waals surface area contributed by atoms with Gasteiger partial charge in [-0.15, -0.1) is 0 Å². The van der Waals surface area contributed by atoms with Crippen LogP contribution in [0.5, 0.6) is 0 Å². The van der Waals surface area contributed by atoms with Crippen LogP contribution < -0.4 is 11.5 Å². The largest absolute Gasteiger partial charge is 0.327 e. The van der Waals surface area contributed by atoms with Gasteiger partial charge in [0, 0.05) is 12.1 Å². The van der Waals surface area contributed by atoms with Crippen LogP contribution in [0.3, 0.4) is 0 Å². The van der Waals surface area contributed by atoms with E-state index in [-0.39, 0.29) is 6.04 Å². The third kappa shape index (κ3) is 1.21. The maximum absolute atomic E-state index is 6.93. The molecule has 0 radical (unpaired) electrons. The summed E-state index contributed by atoms with van der Waals surface area (Å²) in [5.74, 6) is 3.82. The molecule has 0 heterocycles. The average Bonchev–Trinajstić information content (AvgIpc) is 3.10. The molecular weight excluding hydrogens is 244 g/mol. The van der Waals surface area contributed by atoms with Crippen LogP contribution in [0.2, 0.25) is 0 Å². The fraction of sp³-hybridized carbons (Fsp3) is 0.889. The van der Waals surface area contributed by atoms with E-state index in [0.29, 0.717) is 23.3 Å². The van der Waals surface area contributed by atoms with Crippen LogP contribution in [0.15, 0.2) is 12.2 Å². The zero-order chi connectivity index (χ0) is 13.7. The van der Waals surface area contributed by atoms with Gasteiger partial charge in [0.15, 0.2) is 0 Å². The van der Waals surface area contributed by atoms with Crippen molar-refractivity contribution in [1.82, 2.24) is 0 Å². The molecule has 0 aromatic rings. The van der Waals surface area contributed by atoms with Gasteiger partial charge in [0.1, 0.15) is 0 Å². The van der Waals surface area contributed by atoms with Crippen molar-refractivity contribution >= 4 is 0 Å². The summed E-state index contributed by atoms with van der Waals surface area (Å²) in [6.07, 6.45) is 13.6. The van der Waals surface area contributed by atoms with Crippen LogP contribution >= 0.6 is 0 Å². The zero-order valence-corrected chi connectivity index (χ0v) is 12.6. The monoisotopic (exact) mass is 272 g/mol. The first kappa shape index (κ1) is 12.2. The Hall–Kier alpha value is -0.340. The van der Waals surface area contributed by atoms with Gasteiger partial charge in [0.2, 0.25) is 0 Å². The van der Waals surface area contributed by atoms with Crippen molar-refractivity contribution in [3.05, 3.63) is 12.2 Å². The highest BCUT2D eigenvalue weighted by Gasteiger charge is 2.71. The molecule has 2 nitrogen and oxygen atoms in total. The molecule has 2 spiro atoms. The lowest BCUT2D eigenvalue weighted by Gasteiger charge is -2.40. The molecular formula is C18H28N2. The Balaban J connectivity index is 1.59. The summed E-state index contributed by atoms with van der Waals surface area (Å²) < 4.78 is 0. The third-order valence-corrected chi connectivity index (χ3v) is 8.39. The second kappa shape index (κ2) is 3.52. The number of hydrogen-bond acceptors (Lipinski definition) is 2. The van der Waals surface area contributed by atoms with E-state index in [9.17, 15) is 0 Å². The maximum Gasteiger partial charge on any atom is 0.0253 e. The zero-order valence-electron chi connectivity index (χ0n) is 12.6. The van der Waals surface area contributed by atoms with Gasteiger partial charge < -0.3 is 11.5 Å². The molecule has 2 heteroatoms. The normalized spacial score (nSPS) is 61.5. The Morgan fingerprint density at radius 1 is 1.10 bits per heavy atom. The highest BCUT2D eigenvalue weighted by Crippen LogP contribution is 2.77. The van der Waals surface area contributed by atoms with Gasteiger partial charge >= 0.3 is 0 Å². The van der Waals surface area contributed by atoms with Crippen LogP contribution in [0.25, 0.3) is 0 Å². The molecule has 5 aliphatic rings. The molecule has 8 unspecified atom stereocenters. The average molecular weight is 272 g/mol. The molecule has 5 aliphatic carbocycles. The molecule has 4 N–H and O–H groups in total. The van der Waals surface area contributed by atoms with Crippen molar-refractivity contribution in [3.8, 4) is 0 Å². The quantitative estimate of drug-likeness (QED) is 0.666. The molecule has 0 aromatic heterocycles. The third-order valence-electron chi connectivity index (χ3n) is 8.39. The Morgan fingerprint density at radius 2 is 1.90 bits per heavy atom. The van der Waals surface area contributed by atoms with Crippen LogP contribution in [-0.4, -0.2) is 12.1 Å². The van der Waals surface area contributed by atoms with Crippen molar-refractivity contribution < 1.29 is 0 Å². The van der Waals surface area contributed by atoms with Crippen LogP contribution in [-0.2, 0) is 0 Å². The second-order valence-electron chi connectivity index (χ2n) is 8.86. The molecule has 2 bridgehead atoms. The summed E-state index contributed by atoms with van der Waals surface area (Å²) in [6.45, 7) is 2.35. The topological polar surface area (TPSA) is 52.0 Å². The number of fused-ring (bicyclic) bond motifs is 4. The van der Waals surface area contributed by atoms with Gasteiger partial charge in [-0.3, -0.25) is 0 Å². The van der Waals surface area contributed by atoms with Crippen molar-refractivity contribution in [3.63, 3.8) is 0 Å². The van der Waals surface area contributed by atoms with E-state index in [4.69, 9.17) is 11.5 Å². The van der Waals surface area contributed by atoms with E-state index in [1.54, 1.807) is 0 Å². The smallest absolute Gasteiger partial charge is 0.0253 e. The van der Waals surface area contributed by atoms with Gasteiger partial charge in [0.05, 0.1) is 0 Å². The standard InChI is InChI=1S/C18H28N2/c1-10-14(19)5-3-12-13-4-2-11-8-18(13,16(20)15(10)12)9-17(11)6-7-17/h3,5,10-16H,2,4,6-9,19-20H2,1H3. The predicted octanol–water partition coefficient (Wildman–Crippen LogP) is 2.68. The molecule has 0 amide bonds. The summed E-state index contributed by atoms with van der Waals surface area (Å²) in [7, 11) is 0. The number of allylic oxidation sites excluding steroid dienone is 1. The van der Waals surface area contributed by atoms with Crippen molar-refractivity contribution in [2.75, 3.05) is 0 Å². The van der Waals surface area contributed by atoms with E-state index in [2.05, 4.69) is 19.1 Å². The predicted molar refractivity (Wildman–Crippen MR) is 80.8 cm³/mol. The van der Waals surface area contributed by atoms with Crippen LogP contribution in [0.4, 0.5) is 0 Å². The Bertz CT molecular complexity index is 480.